The van der Waals surface area contributed by atoms with Crippen LogP contribution in [0.1, 0.15) is 41.7 Å². The fourth-order valence-corrected chi connectivity index (χ4v) is 3.69. The van der Waals surface area contributed by atoms with E-state index < -0.39 is 0 Å². The Morgan fingerprint density at radius 1 is 1.00 bits per heavy atom. The van der Waals surface area contributed by atoms with Crippen LogP contribution in [0.3, 0.4) is 0 Å². The second kappa shape index (κ2) is 11.1. The molecule has 0 saturated heterocycles. The monoisotopic (exact) mass is 411 g/mol. The van der Waals surface area contributed by atoms with Gasteiger partial charge in [-0.1, -0.05) is 18.2 Å². The van der Waals surface area contributed by atoms with E-state index in [0.29, 0.717) is 24.6 Å². The molecule has 8 heteroatoms. The molecule has 1 aromatic heterocycles. The lowest BCUT2D eigenvalue weighted by Gasteiger charge is -2.28. The van der Waals surface area contributed by atoms with Crippen LogP contribution in [0.2, 0.25) is 0 Å². The highest BCUT2D eigenvalue weighted by Crippen LogP contribution is 2.28. The topological polar surface area (TPSA) is 116 Å². The van der Waals surface area contributed by atoms with Crippen molar-refractivity contribution in [2.45, 2.75) is 32.1 Å². The number of rotatable bonds is 9. The second-order valence-corrected chi connectivity index (χ2v) is 7.69. The summed E-state index contributed by atoms with van der Waals surface area (Å²) in [5, 5.41) is 8.52. The molecular formula is C22H29N5O3. The second-order valence-electron chi connectivity index (χ2n) is 7.69. The highest BCUT2D eigenvalue weighted by Gasteiger charge is 2.26. The Hall–Kier alpha value is -3.16. The van der Waals surface area contributed by atoms with E-state index in [4.69, 9.17) is 0 Å². The van der Waals surface area contributed by atoms with Gasteiger partial charge in [-0.15, -0.1) is 0 Å². The van der Waals surface area contributed by atoms with Gasteiger partial charge in [0.1, 0.15) is 0 Å². The van der Waals surface area contributed by atoms with Gasteiger partial charge >= 0.3 is 0 Å². The van der Waals surface area contributed by atoms with Crippen molar-refractivity contribution >= 4 is 17.7 Å². The van der Waals surface area contributed by atoms with Gasteiger partial charge in [0, 0.05) is 42.9 Å². The maximum Gasteiger partial charge on any atom is 0.251 e. The van der Waals surface area contributed by atoms with Gasteiger partial charge in [0.2, 0.25) is 11.8 Å². The summed E-state index contributed by atoms with van der Waals surface area (Å²) in [4.78, 5) is 43.3. The molecule has 1 aliphatic rings. The molecule has 1 fully saturated rings. The summed E-state index contributed by atoms with van der Waals surface area (Å²) in [6.07, 6.45) is 7.63. The molecule has 4 N–H and O–H groups in total. The van der Waals surface area contributed by atoms with Crippen LogP contribution in [0.15, 0.2) is 42.9 Å². The van der Waals surface area contributed by atoms with E-state index in [0.717, 1.165) is 37.8 Å². The van der Waals surface area contributed by atoms with Crippen LogP contribution in [0.25, 0.3) is 0 Å². The van der Waals surface area contributed by atoms with Crippen molar-refractivity contribution in [3.8, 4) is 0 Å². The zero-order valence-corrected chi connectivity index (χ0v) is 17.0. The number of imidazole rings is 1. The SMILES string of the molecule is O=C(CNC(=O)c1ccccc1)NCC1CCC(C(=O)NCCc2cnc[nH]2)CC1. The third-order valence-corrected chi connectivity index (χ3v) is 5.50. The predicted molar refractivity (Wildman–Crippen MR) is 113 cm³/mol. The fourth-order valence-electron chi connectivity index (χ4n) is 3.69. The van der Waals surface area contributed by atoms with Gasteiger partial charge in [-0.25, -0.2) is 4.98 Å². The molecule has 3 amide bonds. The molecule has 30 heavy (non-hydrogen) atoms. The van der Waals surface area contributed by atoms with E-state index in [-0.39, 0.29) is 30.2 Å². The number of hydrogen-bond acceptors (Lipinski definition) is 4. The maximum absolute atomic E-state index is 12.3. The first-order chi connectivity index (χ1) is 14.6. The van der Waals surface area contributed by atoms with Crippen LogP contribution in [0.5, 0.6) is 0 Å². The van der Waals surface area contributed by atoms with Crippen LogP contribution in [-0.4, -0.2) is 47.3 Å². The Labute approximate surface area is 176 Å². The average Bonchev–Trinajstić information content (AvgIpc) is 3.30. The van der Waals surface area contributed by atoms with Gasteiger partial charge in [0.25, 0.3) is 5.91 Å². The van der Waals surface area contributed by atoms with Crippen molar-refractivity contribution < 1.29 is 14.4 Å². The van der Waals surface area contributed by atoms with Gasteiger partial charge in [-0.05, 0) is 43.7 Å². The molecule has 0 atom stereocenters. The minimum absolute atomic E-state index is 0.0399. The highest BCUT2D eigenvalue weighted by molar-refractivity contribution is 5.96. The summed E-state index contributed by atoms with van der Waals surface area (Å²) >= 11 is 0. The van der Waals surface area contributed by atoms with E-state index in [1.165, 1.54) is 0 Å². The third kappa shape index (κ3) is 6.72. The molecule has 2 aromatic rings. The number of amides is 3. The van der Waals surface area contributed by atoms with Crippen LogP contribution < -0.4 is 16.0 Å². The molecule has 1 aromatic carbocycles. The molecule has 0 bridgehead atoms. The smallest absolute Gasteiger partial charge is 0.251 e. The fraction of sp³-hybridized carbons (Fsp3) is 0.455. The first-order valence-electron chi connectivity index (χ1n) is 10.5. The first kappa shape index (κ1) is 21.5. The largest absolute Gasteiger partial charge is 0.355 e. The first-order valence-corrected chi connectivity index (χ1v) is 10.5. The van der Waals surface area contributed by atoms with Crippen LogP contribution in [-0.2, 0) is 16.0 Å². The molecule has 1 heterocycles. The normalized spacial score (nSPS) is 18.4. The summed E-state index contributed by atoms with van der Waals surface area (Å²) < 4.78 is 0. The van der Waals surface area contributed by atoms with Crippen molar-refractivity contribution in [3.63, 3.8) is 0 Å². The number of nitrogens with zero attached hydrogens (tertiary/aromatic N) is 1. The zero-order valence-electron chi connectivity index (χ0n) is 17.0. The highest BCUT2D eigenvalue weighted by atomic mass is 16.2. The molecule has 0 unspecified atom stereocenters. The summed E-state index contributed by atoms with van der Waals surface area (Å²) in [6, 6.07) is 8.82. The summed E-state index contributed by atoms with van der Waals surface area (Å²) in [6.45, 7) is 1.14. The van der Waals surface area contributed by atoms with Gasteiger partial charge in [0.05, 0.1) is 12.9 Å². The van der Waals surface area contributed by atoms with Gasteiger partial charge in [-0.2, -0.15) is 0 Å². The van der Waals surface area contributed by atoms with Crippen molar-refractivity contribution in [3.05, 3.63) is 54.1 Å². The number of hydrogen-bond donors (Lipinski definition) is 4. The molecule has 8 nitrogen and oxygen atoms in total. The zero-order chi connectivity index (χ0) is 21.2. The summed E-state index contributed by atoms with van der Waals surface area (Å²) in [7, 11) is 0. The van der Waals surface area contributed by atoms with Gasteiger partial charge in [-0.3, -0.25) is 14.4 Å². The molecule has 160 valence electrons. The Kier molecular flexibility index (Phi) is 8.00. The van der Waals surface area contributed by atoms with Crippen LogP contribution in [0, 0.1) is 11.8 Å². The average molecular weight is 412 g/mol. The van der Waals surface area contributed by atoms with E-state index in [1.54, 1.807) is 36.8 Å². The Balaban J connectivity index is 1.27. The summed E-state index contributed by atoms with van der Waals surface area (Å²) in [5.74, 6) is 0.0695. The number of benzene rings is 1. The molecule has 0 radical (unpaired) electrons. The minimum atomic E-state index is -0.259. The Bertz CT molecular complexity index is 815. The van der Waals surface area contributed by atoms with Gasteiger partial charge < -0.3 is 20.9 Å². The predicted octanol–water partition coefficient (Wildman–Crippen LogP) is 1.42. The molecule has 0 spiro atoms. The number of carbonyl (C=O) groups is 3. The quantitative estimate of drug-likeness (QED) is 0.499. The molecule has 1 saturated carbocycles. The third-order valence-electron chi connectivity index (χ3n) is 5.50. The standard InChI is InChI=1S/C22H29N5O3/c28-20(14-26-22(30)17-4-2-1-3-5-17)25-12-16-6-8-18(9-7-16)21(29)24-11-10-19-13-23-15-27-19/h1-5,13,15-16,18H,6-12,14H2,(H,23,27)(H,24,29)(H,25,28)(H,26,30). The lowest BCUT2D eigenvalue weighted by atomic mass is 9.81. The van der Waals surface area contributed by atoms with Crippen LogP contribution >= 0.6 is 0 Å². The van der Waals surface area contributed by atoms with E-state index >= 15 is 0 Å². The number of aromatic nitrogens is 2. The molecular weight excluding hydrogens is 382 g/mol. The summed E-state index contributed by atoms with van der Waals surface area (Å²) in [5.41, 5.74) is 1.54. The number of H-pyrrole nitrogens is 1. The number of carbonyl (C=O) groups excluding carboxylic acids is 3. The lowest BCUT2D eigenvalue weighted by molar-refractivity contribution is -0.126. The van der Waals surface area contributed by atoms with E-state index in [2.05, 4.69) is 25.9 Å². The number of nitrogens with one attached hydrogen (secondary N) is 4. The van der Waals surface area contributed by atoms with Crippen molar-refractivity contribution in [1.29, 1.82) is 0 Å². The number of aromatic amines is 1. The van der Waals surface area contributed by atoms with E-state index in [9.17, 15) is 14.4 Å². The Morgan fingerprint density at radius 3 is 2.47 bits per heavy atom. The molecule has 0 aliphatic heterocycles. The maximum atomic E-state index is 12.3. The molecule has 3 rings (SSSR count). The van der Waals surface area contributed by atoms with Crippen molar-refractivity contribution in [2.24, 2.45) is 11.8 Å². The van der Waals surface area contributed by atoms with Crippen LogP contribution in [0.4, 0.5) is 0 Å². The minimum Gasteiger partial charge on any atom is -0.355 e. The molecule has 1 aliphatic carbocycles. The Morgan fingerprint density at radius 2 is 1.77 bits per heavy atom. The van der Waals surface area contributed by atoms with Crippen molar-refractivity contribution in [2.75, 3.05) is 19.6 Å². The van der Waals surface area contributed by atoms with E-state index in [1.807, 2.05) is 6.07 Å². The van der Waals surface area contributed by atoms with Gasteiger partial charge in [0.15, 0.2) is 0 Å². The lowest BCUT2D eigenvalue weighted by Crippen LogP contribution is -2.40. The van der Waals surface area contributed by atoms with Crippen molar-refractivity contribution in [1.82, 2.24) is 25.9 Å².